The van der Waals surface area contributed by atoms with E-state index in [4.69, 9.17) is 26.2 Å². The highest BCUT2D eigenvalue weighted by Gasteiger charge is 2.40. The fraction of sp³-hybridized carbons (Fsp3) is 0.308. The second-order valence-corrected chi connectivity index (χ2v) is 4.64. The van der Waals surface area contributed by atoms with Gasteiger partial charge in [-0.2, -0.15) is 0 Å². The minimum atomic E-state index is -1.36. The van der Waals surface area contributed by atoms with Crippen LogP contribution in [0.4, 0.5) is 0 Å². The second-order valence-electron chi connectivity index (χ2n) is 4.21. The Labute approximate surface area is 119 Å². The van der Waals surface area contributed by atoms with Gasteiger partial charge in [-0.25, -0.2) is 4.79 Å². The first-order chi connectivity index (χ1) is 9.52. The maximum Gasteiger partial charge on any atom is 0.378 e. The summed E-state index contributed by atoms with van der Waals surface area (Å²) in [5, 5.41) is 28.5. The largest absolute Gasteiger partial charge is 0.499 e. The lowest BCUT2D eigenvalue weighted by molar-refractivity contribution is -0.148. The number of halogens is 1. The summed E-state index contributed by atoms with van der Waals surface area (Å²) in [5.74, 6) is -1.90. The lowest BCUT2D eigenvalue weighted by Crippen LogP contribution is -2.32. The van der Waals surface area contributed by atoms with Crippen LogP contribution in [0.1, 0.15) is 5.56 Å². The first-order valence-electron chi connectivity index (χ1n) is 5.83. The van der Waals surface area contributed by atoms with Crippen molar-refractivity contribution in [1.82, 2.24) is 0 Å². The standard InChI is InChI=1S/C13H13ClO6/c14-8-3-1-2-7(4-8)6-19-12-10(17)13(18)20-11(12)9(16)5-15/h1-4,9,11,15-17H,5-6H2/t9-,11+/m0/s1. The van der Waals surface area contributed by atoms with Gasteiger partial charge in [-0.15, -0.1) is 0 Å². The molecule has 1 aliphatic rings. The van der Waals surface area contributed by atoms with Gasteiger partial charge in [-0.3, -0.25) is 0 Å². The molecule has 0 saturated carbocycles. The van der Waals surface area contributed by atoms with E-state index in [0.717, 1.165) is 5.56 Å². The Morgan fingerprint density at radius 3 is 2.85 bits per heavy atom. The summed E-state index contributed by atoms with van der Waals surface area (Å²) in [4.78, 5) is 11.3. The Morgan fingerprint density at radius 1 is 1.45 bits per heavy atom. The summed E-state index contributed by atoms with van der Waals surface area (Å²) in [6.07, 6.45) is -2.58. The molecule has 0 aromatic heterocycles. The molecule has 0 aliphatic carbocycles. The predicted molar refractivity (Wildman–Crippen MR) is 68.9 cm³/mol. The van der Waals surface area contributed by atoms with E-state index in [-0.39, 0.29) is 12.4 Å². The zero-order valence-electron chi connectivity index (χ0n) is 10.3. The van der Waals surface area contributed by atoms with Gasteiger partial charge in [-0.05, 0) is 17.7 Å². The smallest absolute Gasteiger partial charge is 0.378 e. The van der Waals surface area contributed by atoms with Crippen LogP contribution >= 0.6 is 11.6 Å². The number of hydrogen-bond donors (Lipinski definition) is 3. The van der Waals surface area contributed by atoms with Crippen molar-refractivity contribution in [3.63, 3.8) is 0 Å². The number of aliphatic hydroxyl groups excluding tert-OH is 3. The molecule has 2 rings (SSSR count). The van der Waals surface area contributed by atoms with Gasteiger partial charge >= 0.3 is 5.97 Å². The molecule has 108 valence electrons. The molecule has 0 radical (unpaired) electrons. The number of esters is 1. The van der Waals surface area contributed by atoms with Crippen LogP contribution in [0.5, 0.6) is 0 Å². The van der Waals surface area contributed by atoms with Crippen molar-refractivity contribution in [1.29, 1.82) is 0 Å². The molecule has 1 aromatic rings. The molecule has 3 N–H and O–H groups in total. The molecule has 1 aliphatic heterocycles. The van der Waals surface area contributed by atoms with E-state index in [1.54, 1.807) is 24.3 Å². The lowest BCUT2D eigenvalue weighted by atomic mass is 10.2. The Bertz CT molecular complexity index is 541. The lowest BCUT2D eigenvalue weighted by Gasteiger charge is -2.18. The van der Waals surface area contributed by atoms with Crippen LogP contribution in [0.2, 0.25) is 5.02 Å². The Morgan fingerprint density at radius 2 is 2.20 bits per heavy atom. The van der Waals surface area contributed by atoms with Crippen LogP contribution in [0.25, 0.3) is 0 Å². The van der Waals surface area contributed by atoms with Gasteiger partial charge in [0.25, 0.3) is 0 Å². The summed E-state index contributed by atoms with van der Waals surface area (Å²) >= 11 is 5.82. The first kappa shape index (κ1) is 14.6. The number of cyclic esters (lactones) is 1. The van der Waals surface area contributed by atoms with E-state index in [1.165, 1.54) is 0 Å². The normalized spacial score (nSPS) is 19.9. The fourth-order valence-electron chi connectivity index (χ4n) is 1.75. The summed E-state index contributed by atoms with van der Waals surface area (Å²) in [6, 6.07) is 6.83. The van der Waals surface area contributed by atoms with Gasteiger partial charge in [0.1, 0.15) is 12.7 Å². The van der Waals surface area contributed by atoms with Gasteiger partial charge in [0.05, 0.1) is 6.61 Å². The van der Waals surface area contributed by atoms with Gasteiger partial charge in [-0.1, -0.05) is 23.7 Å². The predicted octanol–water partition coefficient (Wildman–Crippen LogP) is 0.905. The van der Waals surface area contributed by atoms with Crippen molar-refractivity contribution in [3.8, 4) is 0 Å². The van der Waals surface area contributed by atoms with E-state index >= 15 is 0 Å². The maximum absolute atomic E-state index is 11.3. The minimum absolute atomic E-state index is 0.0330. The SMILES string of the molecule is O=C1O[C@H]([C@@H](O)CO)C(OCc2cccc(Cl)c2)=C1O. The van der Waals surface area contributed by atoms with Crippen molar-refractivity contribution in [2.75, 3.05) is 6.61 Å². The van der Waals surface area contributed by atoms with Crippen molar-refractivity contribution in [2.45, 2.75) is 18.8 Å². The molecule has 20 heavy (non-hydrogen) atoms. The van der Waals surface area contributed by atoms with E-state index in [9.17, 15) is 15.0 Å². The Balaban J connectivity index is 2.11. The third-order valence-electron chi connectivity index (χ3n) is 2.74. The quantitative estimate of drug-likeness (QED) is 0.699. The van der Waals surface area contributed by atoms with Crippen LogP contribution < -0.4 is 0 Å². The van der Waals surface area contributed by atoms with Gasteiger partial charge in [0, 0.05) is 5.02 Å². The molecule has 0 fully saturated rings. The average molecular weight is 301 g/mol. The van der Waals surface area contributed by atoms with Crippen LogP contribution in [-0.4, -0.2) is 40.1 Å². The molecular formula is C13H13ClO6. The number of hydrogen-bond acceptors (Lipinski definition) is 6. The minimum Gasteiger partial charge on any atom is -0.499 e. The van der Waals surface area contributed by atoms with Crippen molar-refractivity contribution in [3.05, 3.63) is 46.4 Å². The first-order valence-corrected chi connectivity index (χ1v) is 6.21. The molecule has 6 nitrogen and oxygen atoms in total. The molecule has 0 unspecified atom stereocenters. The highest BCUT2D eigenvalue weighted by Crippen LogP contribution is 2.26. The number of aliphatic hydroxyl groups is 3. The third kappa shape index (κ3) is 3.04. The molecule has 0 bridgehead atoms. The van der Waals surface area contributed by atoms with Crippen LogP contribution in [0.15, 0.2) is 35.8 Å². The monoisotopic (exact) mass is 300 g/mol. The van der Waals surface area contributed by atoms with Crippen LogP contribution in [0, 0.1) is 0 Å². The maximum atomic E-state index is 11.3. The molecular weight excluding hydrogens is 288 g/mol. The zero-order chi connectivity index (χ0) is 14.7. The van der Waals surface area contributed by atoms with Crippen LogP contribution in [0.3, 0.4) is 0 Å². The average Bonchev–Trinajstić information content (AvgIpc) is 2.72. The molecule has 0 spiro atoms. The van der Waals surface area contributed by atoms with E-state index in [0.29, 0.717) is 5.02 Å². The van der Waals surface area contributed by atoms with Crippen molar-refractivity contribution >= 4 is 17.6 Å². The van der Waals surface area contributed by atoms with Crippen LogP contribution in [-0.2, 0) is 20.9 Å². The molecule has 0 saturated heterocycles. The molecule has 0 amide bonds. The van der Waals surface area contributed by atoms with Crippen molar-refractivity contribution in [2.24, 2.45) is 0 Å². The summed E-state index contributed by atoms with van der Waals surface area (Å²) < 4.78 is 10.0. The van der Waals surface area contributed by atoms with Gasteiger partial charge in [0.15, 0.2) is 11.9 Å². The van der Waals surface area contributed by atoms with Gasteiger partial charge in [0.2, 0.25) is 5.76 Å². The van der Waals surface area contributed by atoms with Crippen molar-refractivity contribution < 1.29 is 29.6 Å². The third-order valence-corrected chi connectivity index (χ3v) is 2.97. The molecule has 1 heterocycles. The zero-order valence-corrected chi connectivity index (χ0v) is 11.1. The van der Waals surface area contributed by atoms with E-state index in [1.807, 2.05) is 0 Å². The second kappa shape index (κ2) is 6.13. The molecule has 1 aromatic carbocycles. The summed E-state index contributed by atoms with van der Waals surface area (Å²) in [7, 11) is 0. The number of rotatable bonds is 5. The fourth-order valence-corrected chi connectivity index (χ4v) is 1.96. The van der Waals surface area contributed by atoms with Gasteiger partial charge < -0.3 is 24.8 Å². The molecule has 2 atom stereocenters. The highest BCUT2D eigenvalue weighted by molar-refractivity contribution is 6.30. The topological polar surface area (TPSA) is 96.2 Å². The van der Waals surface area contributed by atoms with E-state index in [2.05, 4.69) is 0 Å². The van der Waals surface area contributed by atoms with E-state index < -0.39 is 30.5 Å². The summed E-state index contributed by atoms with van der Waals surface area (Å²) in [5.41, 5.74) is 0.717. The summed E-state index contributed by atoms with van der Waals surface area (Å²) in [6.45, 7) is -0.597. The number of ether oxygens (including phenoxy) is 2. The Hall–Kier alpha value is -1.76. The number of benzene rings is 1. The highest BCUT2D eigenvalue weighted by atomic mass is 35.5. The Kier molecular flexibility index (Phi) is 4.49. The number of carbonyl (C=O) groups is 1. The molecule has 7 heteroatoms. The number of carbonyl (C=O) groups excluding carboxylic acids is 1.